The number of nitrogens with one attached hydrogen (secondary N) is 1. The Morgan fingerprint density at radius 3 is 3.05 bits per heavy atom. The Bertz CT molecular complexity index is 604. The standard InChI is InChI=1S/C12H13N3O4/c1-7-2-3-11(19-7)9-4-10(14-13-9)12(17)15-5-8(16)6-18-15/h2-4,8,16H,5-6H2,1H3,(H,13,14)/t8-/m0/s1. The van der Waals surface area contributed by atoms with E-state index in [1.807, 2.05) is 13.0 Å². The topological polar surface area (TPSA) is 91.6 Å². The van der Waals surface area contributed by atoms with Crippen LogP contribution in [0.15, 0.2) is 22.6 Å². The number of H-pyrrole nitrogens is 1. The molecule has 0 saturated carbocycles. The van der Waals surface area contributed by atoms with Gasteiger partial charge in [0.15, 0.2) is 11.5 Å². The highest BCUT2D eigenvalue weighted by Crippen LogP contribution is 2.21. The summed E-state index contributed by atoms with van der Waals surface area (Å²) >= 11 is 0. The molecule has 0 aliphatic carbocycles. The second-order valence-electron chi connectivity index (χ2n) is 4.39. The lowest BCUT2D eigenvalue weighted by atomic mass is 10.3. The molecule has 1 atom stereocenters. The Morgan fingerprint density at radius 2 is 2.42 bits per heavy atom. The first kappa shape index (κ1) is 11.9. The van der Waals surface area contributed by atoms with E-state index in [9.17, 15) is 9.90 Å². The van der Waals surface area contributed by atoms with E-state index in [0.717, 1.165) is 10.8 Å². The minimum Gasteiger partial charge on any atom is -0.460 e. The van der Waals surface area contributed by atoms with Gasteiger partial charge in [0.2, 0.25) is 0 Å². The highest BCUT2D eigenvalue weighted by atomic mass is 16.7. The molecule has 0 unspecified atom stereocenters. The van der Waals surface area contributed by atoms with Gasteiger partial charge in [0, 0.05) is 6.07 Å². The van der Waals surface area contributed by atoms with Gasteiger partial charge in [-0.3, -0.25) is 14.7 Å². The fraction of sp³-hybridized carbons (Fsp3) is 0.333. The molecule has 19 heavy (non-hydrogen) atoms. The molecule has 7 heteroatoms. The smallest absolute Gasteiger partial charge is 0.298 e. The van der Waals surface area contributed by atoms with Gasteiger partial charge in [0.1, 0.15) is 24.2 Å². The first-order chi connectivity index (χ1) is 9.13. The van der Waals surface area contributed by atoms with Crippen molar-refractivity contribution in [3.05, 3.63) is 29.7 Å². The van der Waals surface area contributed by atoms with Crippen molar-refractivity contribution in [2.24, 2.45) is 0 Å². The molecule has 2 aromatic rings. The SMILES string of the molecule is Cc1ccc(-c2cc(C(=O)N3C[C@H](O)CO3)n[nH]2)o1. The van der Waals surface area contributed by atoms with Gasteiger partial charge in [-0.15, -0.1) is 0 Å². The number of hydroxylamine groups is 2. The summed E-state index contributed by atoms with van der Waals surface area (Å²) in [5.41, 5.74) is 0.842. The highest BCUT2D eigenvalue weighted by Gasteiger charge is 2.28. The largest absolute Gasteiger partial charge is 0.460 e. The van der Waals surface area contributed by atoms with Crippen molar-refractivity contribution in [3.63, 3.8) is 0 Å². The Balaban J connectivity index is 1.79. The lowest BCUT2D eigenvalue weighted by molar-refractivity contribution is -0.0783. The molecule has 1 saturated heterocycles. The molecule has 0 radical (unpaired) electrons. The fourth-order valence-corrected chi connectivity index (χ4v) is 1.88. The van der Waals surface area contributed by atoms with Crippen LogP contribution in [0.3, 0.4) is 0 Å². The van der Waals surface area contributed by atoms with Crippen molar-refractivity contribution in [1.29, 1.82) is 0 Å². The number of β-amino-alcohol motifs (C(OH)–C–C–N with tert-alkyl or cyclic N) is 1. The summed E-state index contributed by atoms with van der Waals surface area (Å²) < 4.78 is 5.44. The van der Waals surface area contributed by atoms with E-state index in [4.69, 9.17) is 9.25 Å². The second kappa shape index (κ2) is 4.52. The van der Waals surface area contributed by atoms with Gasteiger partial charge in [0.25, 0.3) is 5.91 Å². The van der Waals surface area contributed by atoms with Crippen molar-refractivity contribution < 1.29 is 19.2 Å². The maximum absolute atomic E-state index is 12.0. The van der Waals surface area contributed by atoms with Crippen LogP contribution in [0.4, 0.5) is 0 Å². The summed E-state index contributed by atoms with van der Waals surface area (Å²) in [7, 11) is 0. The van der Waals surface area contributed by atoms with E-state index in [2.05, 4.69) is 10.2 Å². The van der Waals surface area contributed by atoms with Gasteiger partial charge in [-0.2, -0.15) is 5.10 Å². The number of aromatic amines is 1. The van der Waals surface area contributed by atoms with Crippen LogP contribution >= 0.6 is 0 Å². The van der Waals surface area contributed by atoms with Crippen LogP contribution in [-0.2, 0) is 4.84 Å². The summed E-state index contributed by atoms with van der Waals surface area (Å²) in [6.45, 7) is 2.12. The van der Waals surface area contributed by atoms with Crippen LogP contribution in [0, 0.1) is 6.92 Å². The van der Waals surface area contributed by atoms with Gasteiger partial charge in [-0.1, -0.05) is 0 Å². The maximum Gasteiger partial charge on any atom is 0.298 e. The highest BCUT2D eigenvalue weighted by molar-refractivity contribution is 5.92. The molecule has 2 N–H and O–H groups in total. The van der Waals surface area contributed by atoms with Crippen LogP contribution < -0.4 is 0 Å². The number of carbonyl (C=O) groups excluding carboxylic acids is 1. The molecule has 1 aliphatic heterocycles. The quantitative estimate of drug-likeness (QED) is 0.833. The monoisotopic (exact) mass is 263 g/mol. The third kappa shape index (κ3) is 2.25. The molecule has 1 fully saturated rings. The van der Waals surface area contributed by atoms with Gasteiger partial charge in [0.05, 0.1) is 6.54 Å². The zero-order chi connectivity index (χ0) is 13.4. The van der Waals surface area contributed by atoms with Gasteiger partial charge >= 0.3 is 0 Å². The molecule has 100 valence electrons. The number of nitrogens with zero attached hydrogens (tertiary/aromatic N) is 2. The predicted octanol–water partition coefficient (Wildman–Crippen LogP) is 0.726. The van der Waals surface area contributed by atoms with E-state index in [1.165, 1.54) is 0 Å². The zero-order valence-electron chi connectivity index (χ0n) is 10.3. The molecule has 0 bridgehead atoms. The third-order valence-electron chi connectivity index (χ3n) is 2.83. The van der Waals surface area contributed by atoms with Crippen molar-refractivity contribution in [2.45, 2.75) is 13.0 Å². The van der Waals surface area contributed by atoms with Crippen LogP contribution in [-0.4, -0.2) is 45.5 Å². The molecule has 1 aliphatic rings. The van der Waals surface area contributed by atoms with Crippen LogP contribution in [0.2, 0.25) is 0 Å². The Labute approximate surface area is 108 Å². The number of carbonyl (C=O) groups is 1. The van der Waals surface area contributed by atoms with Crippen LogP contribution in [0.1, 0.15) is 16.2 Å². The summed E-state index contributed by atoms with van der Waals surface area (Å²) in [4.78, 5) is 17.1. The minimum atomic E-state index is -0.643. The Hall–Kier alpha value is -2.12. The first-order valence-corrected chi connectivity index (χ1v) is 5.88. The number of rotatable bonds is 2. The third-order valence-corrected chi connectivity index (χ3v) is 2.83. The normalized spacial score (nSPS) is 19.1. The number of hydrogen-bond acceptors (Lipinski definition) is 5. The van der Waals surface area contributed by atoms with E-state index in [0.29, 0.717) is 11.5 Å². The average molecular weight is 263 g/mol. The molecule has 0 spiro atoms. The molecular formula is C12H13N3O4. The molecule has 2 aromatic heterocycles. The molecule has 7 nitrogen and oxygen atoms in total. The minimum absolute atomic E-state index is 0.125. The summed E-state index contributed by atoms with van der Waals surface area (Å²) in [6.07, 6.45) is -0.643. The van der Waals surface area contributed by atoms with Gasteiger partial charge < -0.3 is 9.52 Å². The number of aliphatic hydroxyl groups is 1. The van der Waals surface area contributed by atoms with E-state index in [-0.39, 0.29) is 24.8 Å². The van der Waals surface area contributed by atoms with Crippen LogP contribution in [0.25, 0.3) is 11.5 Å². The molecule has 0 aromatic carbocycles. The zero-order valence-corrected chi connectivity index (χ0v) is 10.3. The number of hydrogen-bond donors (Lipinski definition) is 2. The van der Waals surface area contributed by atoms with Gasteiger partial charge in [-0.25, -0.2) is 5.06 Å². The number of aliphatic hydroxyl groups excluding tert-OH is 1. The molecular weight excluding hydrogens is 250 g/mol. The van der Waals surface area contributed by atoms with Crippen molar-refractivity contribution in [1.82, 2.24) is 15.3 Å². The average Bonchev–Trinajstić information content (AvgIpc) is 3.07. The predicted molar refractivity (Wildman–Crippen MR) is 64.0 cm³/mol. The second-order valence-corrected chi connectivity index (χ2v) is 4.39. The summed E-state index contributed by atoms with van der Waals surface area (Å²) in [5.74, 6) is 1.01. The number of aryl methyl sites for hydroxylation is 1. The maximum atomic E-state index is 12.0. The number of furan rings is 1. The molecule has 3 rings (SSSR count). The van der Waals surface area contributed by atoms with Crippen molar-refractivity contribution in [2.75, 3.05) is 13.2 Å². The lowest BCUT2D eigenvalue weighted by Crippen LogP contribution is -2.28. The number of amides is 1. The Kier molecular flexibility index (Phi) is 2.84. The van der Waals surface area contributed by atoms with Crippen molar-refractivity contribution >= 4 is 5.91 Å². The van der Waals surface area contributed by atoms with Crippen LogP contribution in [0.5, 0.6) is 0 Å². The first-order valence-electron chi connectivity index (χ1n) is 5.88. The van der Waals surface area contributed by atoms with Crippen molar-refractivity contribution in [3.8, 4) is 11.5 Å². The lowest BCUT2D eigenvalue weighted by Gasteiger charge is -2.11. The molecule has 1 amide bonds. The van der Waals surface area contributed by atoms with E-state index >= 15 is 0 Å². The van der Waals surface area contributed by atoms with E-state index in [1.54, 1.807) is 12.1 Å². The number of aromatic nitrogens is 2. The fourth-order valence-electron chi connectivity index (χ4n) is 1.88. The van der Waals surface area contributed by atoms with Gasteiger partial charge in [-0.05, 0) is 19.1 Å². The molecule has 3 heterocycles. The van der Waals surface area contributed by atoms with E-state index < -0.39 is 6.10 Å². The summed E-state index contributed by atoms with van der Waals surface area (Å²) in [6, 6.07) is 5.22. The summed E-state index contributed by atoms with van der Waals surface area (Å²) in [5, 5.41) is 17.1. The Morgan fingerprint density at radius 1 is 1.58 bits per heavy atom.